The fourth-order valence-corrected chi connectivity index (χ4v) is 5.79. The first-order valence-electron chi connectivity index (χ1n) is 17.4. The van der Waals surface area contributed by atoms with Crippen LogP contribution >= 0.6 is 0 Å². The van der Waals surface area contributed by atoms with Crippen molar-refractivity contribution in [1.29, 1.82) is 0 Å². The van der Waals surface area contributed by atoms with Gasteiger partial charge in [-0.1, -0.05) is 48.5 Å². The van der Waals surface area contributed by atoms with Gasteiger partial charge in [-0.25, -0.2) is 19.3 Å². The van der Waals surface area contributed by atoms with Crippen LogP contribution in [0, 0.1) is 0 Å². The van der Waals surface area contributed by atoms with Crippen LogP contribution in [-0.2, 0) is 44.8 Å². The van der Waals surface area contributed by atoms with Gasteiger partial charge in [0, 0.05) is 18.8 Å². The van der Waals surface area contributed by atoms with Gasteiger partial charge in [0.15, 0.2) is 5.78 Å². The summed E-state index contributed by atoms with van der Waals surface area (Å²) >= 11 is 0. The molecule has 3 N–H and O–H groups in total. The van der Waals surface area contributed by atoms with Gasteiger partial charge in [-0.3, -0.25) is 24.1 Å². The molecule has 1 fully saturated rings. The quantitative estimate of drug-likeness (QED) is 0.0880. The standard InChI is InChI=1S/C38H51N5O10/c1-9-41-29(21-16-22-40-34(49)51-24-26-17-12-10-13-18-26)32(47)43(35(41)50)38(25(2)44,33(48)53-37(6,7)8)42(27-19-14-11-15-20-27)31(46)28(39)23-30(45)52-36(3,4)5/h10-15,17-20,28-29H,9,16,21-24,39H2,1-8H3,(H,40,49)/t28-,29-,38+/m0/s1. The van der Waals surface area contributed by atoms with Crippen molar-refractivity contribution in [3.63, 3.8) is 0 Å². The van der Waals surface area contributed by atoms with Gasteiger partial charge in [0.2, 0.25) is 5.91 Å². The Hall–Kier alpha value is -5.31. The molecule has 15 nitrogen and oxygen atoms in total. The topological polar surface area (TPSA) is 195 Å². The number of rotatable bonds is 15. The van der Waals surface area contributed by atoms with Crippen molar-refractivity contribution in [2.75, 3.05) is 18.0 Å². The minimum absolute atomic E-state index is 0.00756. The molecule has 1 aliphatic heterocycles. The summed E-state index contributed by atoms with van der Waals surface area (Å²) in [5, 5.41) is 2.61. The maximum Gasteiger partial charge on any atom is 0.407 e. The molecule has 0 aliphatic carbocycles. The van der Waals surface area contributed by atoms with E-state index in [4.69, 9.17) is 19.9 Å². The molecule has 15 heteroatoms. The van der Waals surface area contributed by atoms with E-state index in [-0.39, 0.29) is 38.2 Å². The number of alkyl carbamates (subject to hydrolysis) is 1. The second-order valence-corrected chi connectivity index (χ2v) is 14.5. The number of amides is 5. The summed E-state index contributed by atoms with van der Waals surface area (Å²) in [6, 6.07) is 12.6. The highest BCUT2D eigenvalue weighted by atomic mass is 16.6. The number of hydrogen-bond acceptors (Lipinski definition) is 11. The van der Waals surface area contributed by atoms with Gasteiger partial charge in [-0.2, -0.15) is 0 Å². The van der Waals surface area contributed by atoms with Crippen molar-refractivity contribution in [3.8, 4) is 0 Å². The lowest BCUT2D eigenvalue weighted by Gasteiger charge is -2.45. The number of hydrogen-bond donors (Lipinski definition) is 2. The van der Waals surface area contributed by atoms with Crippen molar-refractivity contribution >= 4 is 47.3 Å². The average molecular weight is 738 g/mol. The van der Waals surface area contributed by atoms with Gasteiger partial charge < -0.3 is 30.2 Å². The number of likely N-dealkylation sites (N-methyl/N-ethyl adjacent to an activating group) is 1. The first-order chi connectivity index (χ1) is 24.7. The van der Waals surface area contributed by atoms with E-state index in [1.165, 1.54) is 49.9 Å². The smallest absolute Gasteiger partial charge is 0.407 e. The number of Topliss-reactive ketones (excluding diaryl/α,β-unsaturated/α-hetero) is 1. The van der Waals surface area contributed by atoms with Crippen LogP contribution in [0.25, 0.3) is 0 Å². The lowest BCUT2D eigenvalue weighted by atomic mass is 9.96. The van der Waals surface area contributed by atoms with Crippen LogP contribution in [0.5, 0.6) is 0 Å². The average Bonchev–Trinajstić information content (AvgIpc) is 3.30. The second kappa shape index (κ2) is 17.5. The second-order valence-electron chi connectivity index (χ2n) is 14.5. The zero-order chi connectivity index (χ0) is 39.7. The first kappa shape index (κ1) is 42.1. The molecule has 3 rings (SSSR count). The third kappa shape index (κ3) is 10.4. The summed E-state index contributed by atoms with van der Waals surface area (Å²) in [6.07, 6.45) is -1.14. The molecule has 288 valence electrons. The van der Waals surface area contributed by atoms with Gasteiger partial charge in [-0.05, 0) is 85.9 Å². The summed E-state index contributed by atoms with van der Waals surface area (Å²) in [6.45, 7) is 12.1. The van der Waals surface area contributed by atoms with Crippen LogP contribution in [-0.4, -0.2) is 93.5 Å². The van der Waals surface area contributed by atoms with Crippen LogP contribution < -0.4 is 16.0 Å². The van der Waals surface area contributed by atoms with E-state index in [1.54, 1.807) is 45.9 Å². The summed E-state index contributed by atoms with van der Waals surface area (Å²) in [7, 11) is 0. The molecule has 0 spiro atoms. The highest BCUT2D eigenvalue weighted by Gasteiger charge is 2.66. The largest absolute Gasteiger partial charge is 0.460 e. The zero-order valence-electron chi connectivity index (χ0n) is 31.7. The van der Waals surface area contributed by atoms with Gasteiger partial charge >= 0.3 is 24.1 Å². The number of ketones is 1. The van der Waals surface area contributed by atoms with Crippen LogP contribution in [0.15, 0.2) is 60.7 Å². The van der Waals surface area contributed by atoms with E-state index in [0.29, 0.717) is 9.80 Å². The number of urea groups is 1. The Bertz CT molecular complexity index is 1650. The monoisotopic (exact) mass is 737 g/mol. The minimum Gasteiger partial charge on any atom is -0.460 e. The Morgan fingerprint density at radius 3 is 1.98 bits per heavy atom. The van der Waals surface area contributed by atoms with Crippen LogP contribution in [0.2, 0.25) is 0 Å². The summed E-state index contributed by atoms with van der Waals surface area (Å²) in [5.74, 6) is -5.41. The molecular formula is C38H51N5O10. The maximum absolute atomic E-state index is 14.6. The highest BCUT2D eigenvalue weighted by molar-refractivity contribution is 6.23. The molecule has 3 atom stereocenters. The van der Waals surface area contributed by atoms with Crippen molar-refractivity contribution in [2.45, 2.75) is 110 Å². The number of esters is 2. The first-order valence-corrected chi connectivity index (χ1v) is 17.4. The Labute approximate surface area is 310 Å². The number of benzene rings is 2. The molecule has 1 heterocycles. The number of para-hydroxylation sites is 1. The molecule has 0 saturated carbocycles. The Morgan fingerprint density at radius 2 is 1.45 bits per heavy atom. The molecule has 0 bridgehead atoms. The van der Waals surface area contributed by atoms with Crippen molar-refractivity contribution in [3.05, 3.63) is 66.2 Å². The zero-order valence-corrected chi connectivity index (χ0v) is 31.7. The van der Waals surface area contributed by atoms with E-state index in [1.807, 2.05) is 18.2 Å². The number of carbonyl (C=O) groups is 7. The molecular weight excluding hydrogens is 686 g/mol. The van der Waals surface area contributed by atoms with E-state index in [9.17, 15) is 33.6 Å². The van der Waals surface area contributed by atoms with E-state index in [2.05, 4.69) is 5.32 Å². The fourth-order valence-electron chi connectivity index (χ4n) is 5.79. The van der Waals surface area contributed by atoms with E-state index < -0.39 is 77.0 Å². The number of anilines is 1. The van der Waals surface area contributed by atoms with Crippen LogP contribution in [0.4, 0.5) is 15.3 Å². The number of nitrogens with zero attached hydrogens (tertiary/aromatic N) is 3. The Morgan fingerprint density at radius 1 is 0.887 bits per heavy atom. The maximum atomic E-state index is 14.6. The number of imide groups is 1. The lowest BCUT2D eigenvalue weighted by molar-refractivity contribution is -0.174. The van der Waals surface area contributed by atoms with Crippen molar-refractivity contribution in [2.24, 2.45) is 5.73 Å². The summed E-state index contributed by atoms with van der Waals surface area (Å²) in [5.41, 5.74) is 1.81. The molecule has 5 amide bonds. The van der Waals surface area contributed by atoms with Gasteiger partial charge in [-0.15, -0.1) is 0 Å². The summed E-state index contributed by atoms with van der Waals surface area (Å²) < 4.78 is 16.3. The Balaban J connectivity index is 2.05. The minimum atomic E-state index is -3.03. The molecule has 0 aromatic heterocycles. The van der Waals surface area contributed by atoms with E-state index >= 15 is 0 Å². The third-order valence-corrected chi connectivity index (χ3v) is 7.98. The molecule has 2 aromatic rings. The number of carbonyl (C=O) groups excluding carboxylic acids is 7. The van der Waals surface area contributed by atoms with Gasteiger partial charge in [0.05, 0.1) is 12.5 Å². The molecule has 53 heavy (non-hydrogen) atoms. The fraction of sp³-hybridized carbons (Fsp3) is 0.500. The molecule has 1 aliphatic rings. The Kier molecular flexibility index (Phi) is 13.9. The predicted octanol–water partition coefficient (Wildman–Crippen LogP) is 4.07. The molecule has 0 unspecified atom stereocenters. The highest BCUT2D eigenvalue weighted by Crippen LogP contribution is 2.38. The molecule has 0 radical (unpaired) electrons. The third-order valence-electron chi connectivity index (χ3n) is 7.98. The van der Waals surface area contributed by atoms with Gasteiger partial charge in [0.25, 0.3) is 11.6 Å². The lowest BCUT2D eigenvalue weighted by Crippen LogP contribution is -2.75. The molecule has 2 aromatic carbocycles. The normalized spacial score (nSPS) is 16.4. The molecule has 1 saturated heterocycles. The van der Waals surface area contributed by atoms with E-state index in [0.717, 1.165) is 12.5 Å². The van der Waals surface area contributed by atoms with Gasteiger partial charge in [0.1, 0.15) is 23.9 Å². The van der Waals surface area contributed by atoms with Crippen molar-refractivity contribution in [1.82, 2.24) is 15.1 Å². The summed E-state index contributed by atoms with van der Waals surface area (Å²) in [4.78, 5) is 99.5. The number of nitrogens with two attached hydrogens (primary N) is 1. The van der Waals surface area contributed by atoms with Crippen molar-refractivity contribution < 1.29 is 47.8 Å². The number of ether oxygens (including phenoxy) is 3. The SMILES string of the molecule is CCN1C(=O)N([C@](C(C)=O)(C(=O)OC(C)(C)C)N(C(=O)[C@@H](N)CC(=O)OC(C)(C)C)c2ccccc2)C(=O)[C@@H]1CCCNC(=O)OCc1ccccc1. The number of nitrogens with one attached hydrogen (secondary N) is 1. The van der Waals surface area contributed by atoms with Crippen LogP contribution in [0.1, 0.15) is 80.2 Å². The predicted molar refractivity (Wildman–Crippen MR) is 194 cm³/mol. The van der Waals surface area contributed by atoms with Crippen LogP contribution in [0.3, 0.4) is 0 Å².